The van der Waals surface area contributed by atoms with E-state index >= 15 is 0 Å². The van der Waals surface area contributed by atoms with Crippen molar-refractivity contribution in [2.45, 2.75) is 31.8 Å². The third-order valence-corrected chi connectivity index (χ3v) is 5.18. The van der Waals surface area contributed by atoms with Gasteiger partial charge in [-0.15, -0.1) is 0 Å². The van der Waals surface area contributed by atoms with Gasteiger partial charge in [-0.1, -0.05) is 18.2 Å². The van der Waals surface area contributed by atoms with Crippen LogP contribution >= 0.6 is 0 Å². The number of nitrogens with zero attached hydrogens (tertiary/aromatic N) is 4. The number of guanidine groups is 1. The summed E-state index contributed by atoms with van der Waals surface area (Å²) in [5, 5.41) is 11.1. The van der Waals surface area contributed by atoms with Crippen molar-refractivity contribution in [2.75, 3.05) is 40.3 Å². The molecule has 1 saturated heterocycles. The van der Waals surface area contributed by atoms with Gasteiger partial charge in [-0.25, -0.2) is 0 Å². The quantitative estimate of drug-likeness (QED) is 0.394. The van der Waals surface area contributed by atoms with Gasteiger partial charge in [0.1, 0.15) is 5.75 Å². The van der Waals surface area contributed by atoms with Crippen LogP contribution < -0.4 is 15.4 Å². The summed E-state index contributed by atoms with van der Waals surface area (Å²) in [4.78, 5) is 6.92. The molecule has 28 heavy (non-hydrogen) atoms. The highest BCUT2D eigenvalue weighted by atomic mass is 16.5. The lowest BCUT2D eigenvalue weighted by atomic mass is 10.0. The number of aromatic nitrogens is 2. The van der Waals surface area contributed by atoms with Crippen molar-refractivity contribution in [3.05, 3.63) is 48.3 Å². The van der Waals surface area contributed by atoms with Crippen LogP contribution in [0, 0.1) is 0 Å². The van der Waals surface area contributed by atoms with Gasteiger partial charge in [0.05, 0.1) is 13.2 Å². The molecule has 0 spiro atoms. The fourth-order valence-electron chi connectivity index (χ4n) is 3.73. The molecular formula is C21H32N6O. The predicted octanol–water partition coefficient (Wildman–Crippen LogP) is 2.28. The van der Waals surface area contributed by atoms with Crippen LogP contribution in [0.4, 0.5) is 0 Å². The second-order valence-electron chi connectivity index (χ2n) is 7.00. The molecule has 0 bridgehead atoms. The Labute approximate surface area is 167 Å². The summed E-state index contributed by atoms with van der Waals surface area (Å²) < 4.78 is 7.57. The van der Waals surface area contributed by atoms with Crippen molar-refractivity contribution in [3.63, 3.8) is 0 Å². The van der Waals surface area contributed by atoms with Crippen molar-refractivity contribution >= 4 is 5.96 Å². The number of likely N-dealkylation sites (tertiary alicyclic amines) is 1. The molecule has 152 valence electrons. The van der Waals surface area contributed by atoms with Crippen LogP contribution in [0.1, 0.15) is 30.9 Å². The minimum absolute atomic E-state index is 0.265. The molecule has 7 nitrogen and oxygen atoms in total. The van der Waals surface area contributed by atoms with Gasteiger partial charge in [-0.05, 0) is 44.5 Å². The number of hydrogen-bond donors (Lipinski definition) is 2. The summed E-state index contributed by atoms with van der Waals surface area (Å²) in [6.45, 7) is 4.79. The zero-order chi connectivity index (χ0) is 19.6. The first-order valence-corrected chi connectivity index (χ1v) is 10.1. The second-order valence-corrected chi connectivity index (χ2v) is 7.00. The van der Waals surface area contributed by atoms with Crippen molar-refractivity contribution in [1.82, 2.24) is 25.3 Å². The fraction of sp³-hybridized carbons (Fsp3) is 0.524. The van der Waals surface area contributed by atoms with Gasteiger partial charge in [-0.3, -0.25) is 14.6 Å². The molecule has 2 aromatic rings. The van der Waals surface area contributed by atoms with E-state index in [1.807, 2.05) is 42.3 Å². The maximum Gasteiger partial charge on any atom is 0.191 e. The van der Waals surface area contributed by atoms with E-state index < -0.39 is 0 Å². The maximum absolute atomic E-state index is 5.63. The maximum atomic E-state index is 5.63. The Morgan fingerprint density at radius 3 is 2.75 bits per heavy atom. The summed E-state index contributed by atoms with van der Waals surface area (Å²) >= 11 is 0. The minimum atomic E-state index is 0.265. The molecule has 1 atom stereocenters. The first-order valence-electron chi connectivity index (χ1n) is 10.1. The summed E-state index contributed by atoms with van der Waals surface area (Å²) in [6.07, 6.45) is 7.30. The highest BCUT2D eigenvalue weighted by Gasteiger charge is 2.25. The highest BCUT2D eigenvalue weighted by Crippen LogP contribution is 2.31. The number of para-hydroxylation sites is 1. The van der Waals surface area contributed by atoms with Crippen LogP contribution in [0.3, 0.4) is 0 Å². The smallest absolute Gasteiger partial charge is 0.191 e. The third-order valence-electron chi connectivity index (χ3n) is 5.18. The van der Waals surface area contributed by atoms with Gasteiger partial charge in [-0.2, -0.15) is 5.10 Å². The minimum Gasteiger partial charge on any atom is -0.496 e. The zero-order valence-electron chi connectivity index (χ0n) is 17.0. The van der Waals surface area contributed by atoms with E-state index in [9.17, 15) is 0 Å². The fourth-order valence-corrected chi connectivity index (χ4v) is 3.73. The standard InChI is InChI=1S/C21H32N6O/c1-22-21(23-11-7-15-27-16-8-12-25-27)24-17-19(26-13-5-6-14-26)18-9-3-4-10-20(18)28-2/h3-4,8-10,12,16,19H,5-7,11,13-15,17H2,1-2H3,(H2,22,23,24). The van der Waals surface area contributed by atoms with Crippen LogP contribution in [-0.2, 0) is 6.54 Å². The number of hydrogen-bond acceptors (Lipinski definition) is 4. The van der Waals surface area contributed by atoms with E-state index in [0.717, 1.165) is 50.9 Å². The van der Waals surface area contributed by atoms with Crippen molar-refractivity contribution in [1.29, 1.82) is 0 Å². The molecule has 0 radical (unpaired) electrons. The Morgan fingerprint density at radius 2 is 2.04 bits per heavy atom. The van der Waals surface area contributed by atoms with Gasteiger partial charge >= 0.3 is 0 Å². The van der Waals surface area contributed by atoms with Gasteiger partial charge in [0.15, 0.2) is 5.96 Å². The Kier molecular flexibility index (Phi) is 7.72. The number of aliphatic imine (C=N–C) groups is 1. The Morgan fingerprint density at radius 1 is 1.21 bits per heavy atom. The van der Waals surface area contributed by atoms with Gasteiger partial charge in [0, 0.05) is 44.6 Å². The molecule has 1 aromatic heterocycles. The Bertz CT molecular complexity index is 724. The second kappa shape index (κ2) is 10.7. The number of aryl methyl sites for hydroxylation is 1. The van der Waals surface area contributed by atoms with E-state index in [-0.39, 0.29) is 6.04 Å². The van der Waals surface area contributed by atoms with Crippen LogP contribution in [0.5, 0.6) is 5.75 Å². The van der Waals surface area contributed by atoms with Crippen LogP contribution in [0.2, 0.25) is 0 Å². The summed E-state index contributed by atoms with van der Waals surface area (Å²) in [5.41, 5.74) is 1.23. The molecule has 1 fully saturated rings. The lowest BCUT2D eigenvalue weighted by Crippen LogP contribution is -2.43. The summed E-state index contributed by atoms with van der Waals surface area (Å²) in [5.74, 6) is 1.78. The zero-order valence-corrected chi connectivity index (χ0v) is 17.0. The Hall–Kier alpha value is -2.54. The molecule has 2 heterocycles. The lowest BCUT2D eigenvalue weighted by Gasteiger charge is -2.30. The SMILES string of the molecule is CN=C(NCCCn1cccn1)NCC(c1ccccc1OC)N1CCCC1. The largest absolute Gasteiger partial charge is 0.496 e. The molecule has 1 aliphatic rings. The topological polar surface area (TPSA) is 66.7 Å². The molecule has 7 heteroatoms. The molecule has 1 aromatic carbocycles. The van der Waals surface area contributed by atoms with Crippen molar-refractivity contribution < 1.29 is 4.74 Å². The van der Waals surface area contributed by atoms with Crippen LogP contribution in [0.25, 0.3) is 0 Å². The number of methoxy groups -OCH3 is 1. The van der Waals surface area contributed by atoms with Gasteiger partial charge in [0.2, 0.25) is 0 Å². The monoisotopic (exact) mass is 384 g/mol. The van der Waals surface area contributed by atoms with Crippen LogP contribution in [0.15, 0.2) is 47.7 Å². The first kappa shape index (κ1) is 20.2. The molecule has 0 saturated carbocycles. The normalized spacial score (nSPS) is 16.1. The van der Waals surface area contributed by atoms with Gasteiger partial charge < -0.3 is 15.4 Å². The summed E-state index contributed by atoms with van der Waals surface area (Å²) in [6, 6.07) is 10.5. The average molecular weight is 385 g/mol. The average Bonchev–Trinajstić information content (AvgIpc) is 3.44. The van der Waals surface area contributed by atoms with Crippen molar-refractivity contribution in [2.24, 2.45) is 4.99 Å². The molecule has 0 amide bonds. The molecule has 2 N–H and O–H groups in total. The number of nitrogens with one attached hydrogen (secondary N) is 2. The molecular weight excluding hydrogens is 352 g/mol. The summed E-state index contributed by atoms with van der Waals surface area (Å²) in [7, 11) is 3.56. The molecule has 3 rings (SSSR count). The molecule has 0 aliphatic carbocycles. The van der Waals surface area contributed by atoms with E-state index in [0.29, 0.717) is 0 Å². The van der Waals surface area contributed by atoms with Crippen LogP contribution in [-0.4, -0.2) is 61.0 Å². The van der Waals surface area contributed by atoms with Crippen molar-refractivity contribution in [3.8, 4) is 5.75 Å². The first-order chi connectivity index (χ1) is 13.8. The molecule has 1 unspecified atom stereocenters. The van der Waals surface area contributed by atoms with E-state index in [2.05, 4.69) is 37.8 Å². The van der Waals surface area contributed by atoms with Gasteiger partial charge in [0.25, 0.3) is 0 Å². The highest BCUT2D eigenvalue weighted by molar-refractivity contribution is 5.79. The number of rotatable bonds is 9. The number of benzene rings is 1. The van der Waals surface area contributed by atoms with E-state index in [1.54, 1.807) is 7.11 Å². The lowest BCUT2D eigenvalue weighted by molar-refractivity contribution is 0.239. The predicted molar refractivity (Wildman–Crippen MR) is 113 cm³/mol. The third kappa shape index (κ3) is 5.48. The van der Waals surface area contributed by atoms with E-state index in [4.69, 9.17) is 4.74 Å². The van der Waals surface area contributed by atoms with E-state index in [1.165, 1.54) is 18.4 Å². The Balaban J connectivity index is 1.55. The number of ether oxygens (including phenoxy) is 1. The molecule has 1 aliphatic heterocycles.